The molecule has 0 unspecified atom stereocenters. The summed E-state index contributed by atoms with van der Waals surface area (Å²) >= 11 is 0. The van der Waals surface area contributed by atoms with Crippen LogP contribution in [0.2, 0.25) is 0 Å². The van der Waals surface area contributed by atoms with Crippen LogP contribution in [0.3, 0.4) is 0 Å². The second kappa shape index (κ2) is 8.25. The fourth-order valence-corrected chi connectivity index (χ4v) is 3.62. The summed E-state index contributed by atoms with van der Waals surface area (Å²) in [6.45, 7) is 9.13. The quantitative estimate of drug-likeness (QED) is 0.663. The first-order chi connectivity index (χ1) is 14.1. The van der Waals surface area contributed by atoms with E-state index in [4.69, 9.17) is 0 Å². The second-order valence-electron chi connectivity index (χ2n) is 8.07. The lowest BCUT2D eigenvalue weighted by molar-refractivity contribution is -0.116. The summed E-state index contributed by atoms with van der Waals surface area (Å²) < 4.78 is 4.33. The van der Waals surface area contributed by atoms with E-state index in [9.17, 15) is 14.4 Å². The molecule has 0 fully saturated rings. The van der Waals surface area contributed by atoms with Gasteiger partial charge in [-0.25, -0.2) is 9.78 Å². The third-order valence-corrected chi connectivity index (χ3v) is 5.25. The maximum atomic E-state index is 12.5. The van der Waals surface area contributed by atoms with Crippen molar-refractivity contribution in [2.75, 3.05) is 5.32 Å². The van der Waals surface area contributed by atoms with Crippen LogP contribution in [0.15, 0.2) is 21.9 Å². The van der Waals surface area contributed by atoms with Gasteiger partial charge in [-0.2, -0.15) is 5.10 Å². The molecule has 0 saturated carbocycles. The van der Waals surface area contributed by atoms with Gasteiger partial charge < -0.3 is 5.32 Å². The van der Waals surface area contributed by atoms with Crippen LogP contribution in [0.25, 0.3) is 11.0 Å². The van der Waals surface area contributed by atoms with Crippen LogP contribution in [0.4, 0.5) is 5.69 Å². The van der Waals surface area contributed by atoms with Gasteiger partial charge in [-0.05, 0) is 37.8 Å². The lowest BCUT2D eigenvalue weighted by atomic mass is 10.1. The molecule has 0 aliphatic heterocycles. The molecule has 0 aromatic carbocycles. The average molecular weight is 412 g/mol. The molecule has 9 heteroatoms. The topological polar surface area (TPSA) is 104 Å². The van der Waals surface area contributed by atoms with Gasteiger partial charge in [0.05, 0.1) is 23.0 Å². The van der Waals surface area contributed by atoms with Gasteiger partial charge in [-0.1, -0.05) is 13.8 Å². The van der Waals surface area contributed by atoms with E-state index >= 15 is 0 Å². The van der Waals surface area contributed by atoms with Crippen LogP contribution >= 0.6 is 0 Å². The fourth-order valence-electron chi connectivity index (χ4n) is 3.62. The molecule has 9 nitrogen and oxygen atoms in total. The minimum absolute atomic E-state index is 0.173. The molecule has 0 aliphatic rings. The Bertz CT molecular complexity index is 1230. The molecule has 30 heavy (non-hydrogen) atoms. The molecule has 3 heterocycles. The number of aromatic nitrogens is 5. The first kappa shape index (κ1) is 21.5. The molecule has 0 atom stereocenters. The first-order valence-electron chi connectivity index (χ1n) is 9.98. The average Bonchev–Trinajstić information content (AvgIpc) is 2.95. The molecule has 3 rings (SSSR count). The smallest absolute Gasteiger partial charge is 0.325 e. The molecule has 0 spiro atoms. The van der Waals surface area contributed by atoms with Crippen LogP contribution in [0.5, 0.6) is 0 Å². The predicted octanol–water partition coefficient (Wildman–Crippen LogP) is 1.67. The Labute approximate surface area is 174 Å². The Morgan fingerprint density at radius 2 is 1.87 bits per heavy atom. The Kier molecular flexibility index (Phi) is 5.91. The molecule has 3 aromatic rings. The zero-order valence-electron chi connectivity index (χ0n) is 18.3. The largest absolute Gasteiger partial charge is 0.332 e. The standard InChI is InChI=1S/C21H28N6O3/c1-12(2)11-27-14(4)16(13(3)24-27)7-8-18(28)23-15-9-17-19(22-10-15)25(5)21(30)26(6)20(17)29/h9-10,12H,7-8,11H2,1-6H3,(H,23,28). The maximum absolute atomic E-state index is 12.5. The SMILES string of the molecule is Cc1nn(CC(C)C)c(C)c1CCC(=O)Nc1cnc2c(c1)c(=O)n(C)c(=O)n2C. The number of amides is 1. The number of fused-ring (bicyclic) bond motifs is 1. The molecule has 0 saturated heterocycles. The summed E-state index contributed by atoms with van der Waals surface area (Å²) in [4.78, 5) is 41.1. The normalized spacial score (nSPS) is 11.4. The monoisotopic (exact) mass is 412 g/mol. The van der Waals surface area contributed by atoms with Crippen molar-refractivity contribution in [3.8, 4) is 0 Å². The first-order valence-corrected chi connectivity index (χ1v) is 9.98. The molecule has 160 valence electrons. The van der Waals surface area contributed by atoms with Gasteiger partial charge >= 0.3 is 5.69 Å². The van der Waals surface area contributed by atoms with Crippen LogP contribution in [-0.2, 0) is 31.9 Å². The summed E-state index contributed by atoms with van der Waals surface area (Å²) in [6, 6.07) is 1.55. The van der Waals surface area contributed by atoms with E-state index in [1.165, 1.54) is 17.8 Å². The van der Waals surface area contributed by atoms with Crippen molar-refractivity contribution in [1.29, 1.82) is 0 Å². The number of pyridine rings is 1. The van der Waals surface area contributed by atoms with E-state index in [0.29, 0.717) is 24.4 Å². The molecule has 1 amide bonds. The third-order valence-electron chi connectivity index (χ3n) is 5.25. The third kappa shape index (κ3) is 4.05. The van der Waals surface area contributed by atoms with E-state index in [1.807, 2.05) is 18.5 Å². The number of hydrogen-bond acceptors (Lipinski definition) is 5. The van der Waals surface area contributed by atoms with Crippen molar-refractivity contribution in [3.63, 3.8) is 0 Å². The van der Waals surface area contributed by atoms with E-state index in [0.717, 1.165) is 28.1 Å². The van der Waals surface area contributed by atoms with E-state index in [2.05, 4.69) is 29.2 Å². The van der Waals surface area contributed by atoms with Crippen molar-refractivity contribution >= 4 is 22.6 Å². The summed E-state index contributed by atoms with van der Waals surface area (Å²) in [7, 11) is 2.97. The molecule has 0 radical (unpaired) electrons. The molecular formula is C21H28N6O3. The minimum Gasteiger partial charge on any atom is -0.325 e. The van der Waals surface area contributed by atoms with Crippen LogP contribution in [-0.4, -0.2) is 29.8 Å². The van der Waals surface area contributed by atoms with Gasteiger partial charge in [0.2, 0.25) is 5.91 Å². The molecule has 1 N–H and O–H groups in total. The van der Waals surface area contributed by atoms with Gasteiger partial charge in [0.1, 0.15) is 5.65 Å². The van der Waals surface area contributed by atoms with E-state index < -0.39 is 11.2 Å². The van der Waals surface area contributed by atoms with Crippen LogP contribution in [0.1, 0.15) is 37.2 Å². The Morgan fingerprint density at radius 1 is 1.17 bits per heavy atom. The fraction of sp³-hybridized carbons (Fsp3) is 0.476. The number of aryl methyl sites for hydroxylation is 2. The highest BCUT2D eigenvalue weighted by molar-refractivity contribution is 5.92. The number of rotatable bonds is 6. The number of nitrogens with one attached hydrogen (secondary N) is 1. The van der Waals surface area contributed by atoms with Crippen molar-refractivity contribution < 1.29 is 4.79 Å². The molecule has 3 aromatic heterocycles. The molecular weight excluding hydrogens is 384 g/mol. The second-order valence-corrected chi connectivity index (χ2v) is 8.07. The highest BCUT2D eigenvalue weighted by Gasteiger charge is 2.15. The summed E-state index contributed by atoms with van der Waals surface area (Å²) in [5.74, 6) is 0.319. The van der Waals surface area contributed by atoms with Crippen LogP contribution in [0, 0.1) is 19.8 Å². The lowest BCUT2D eigenvalue weighted by Gasteiger charge is -2.10. The zero-order chi connectivity index (χ0) is 22.2. The number of carbonyl (C=O) groups is 1. The molecule has 0 bridgehead atoms. The van der Waals surface area contributed by atoms with Crippen molar-refractivity contribution in [3.05, 3.63) is 50.1 Å². The van der Waals surface area contributed by atoms with Crippen molar-refractivity contribution in [1.82, 2.24) is 23.9 Å². The number of carbonyl (C=O) groups excluding carboxylic acids is 1. The molecule has 0 aliphatic carbocycles. The highest BCUT2D eigenvalue weighted by Crippen LogP contribution is 2.17. The van der Waals surface area contributed by atoms with Gasteiger partial charge in [0, 0.05) is 32.8 Å². The van der Waals surface area contributed by atoms with Crippen LogP contribution < -0.4 is 16.6 Å². The Balaban J connectivity index is 1.76. The number of anilines is 1. The zero-order valence-corrected chi connectivity index (χ0v) is 18.3. The van der Waals surface area contributed by atoms with Gasteiger partial charge in [-0.3, -0.25) is 23.4 Å². The predicted molar refractivity (Wildman–Crippen MR) is 116 cm³/mol. The van der Waals surface area contributed by atoms with Crippen molar-refractivity contribution in [2.45, 2.75) is 47.1 Å². The Morgan fingerprint density at radius 3 is 2.53 bits per heavy atom. The minimum atomic E-state index is -0.444. The number of hydrogen-bond donors (Lipinski definition) is 1. The Hall–Kier alpha value is -3.23. The number of nitrogens with zero attached hydrogens (tertiary/aromatic N) is 5. The van der Waals surface area contributed by atoms with Crippen molar-refractivity contribution in [2.24, 2.45) is 20.0 Å². The van der Waals surface area contributed by atoms with E-state index in [1.54, 1.807) is 13.1 Å². The maximum Gasteiger partial charge on any atom is 0.332 e. The lowest BCUT2D eigenvalue weighted by Crippen LogP contribution is -2.37. The summed E-state index contributed by atoms with van der Waals surface area (Å²) in [5, 5.41) is 7.67. The van der Waals surface area contributed by atoms with Gasteiger partial charge in [0.25, 0.3) is 5.56 Å². The summed E-state index contributed by atoms with van der Waals surface area (Å²) in [5.41, 5.74) is 2.94. The van der Waals surface area contributed by atoms with Gasteiger partial charge in [0.15, 0.2) is 0 Å². The van der Waals surface area contributed by atoms with Gasteiger partial charge in [-0.15, -0.1) is 0 Å². The highest BCUT2D eigenvalue weighted by atomic mass is 16.2. The summed E-state index contributed by atoms with van der Waals surface area (Å²) in [6.07, 6.45) is 2.33. The van der Waals surface area contributed by atoms with E-state index in [-0.39, 0.29) is 16.9 Å².